The third-order valence-corrected chi connectivity index (χ3v) is 3.05. The van der Waals surface area contributed by atoms with Crippen molar-refractivity contribution in [3.05, 3.63) is 28.4 Å². The van der Waals surface area contributed by atoms with Gasteiger partial charge in [-0.15, -0.1) is 0 Å². The molecule has 2 aromatic rings. The van der Waals surface area contributed by atoms with Gasteiger partial charge in [-0.1, -0.05) is 0 Å². The zero-order chi connectivity index (χ0) is 15.6. The van der Waals surface area contributed by atoms with Gasteiger partial charge in [0.1, 0.15) is 22.7 Å². The molecule has 0 saturated heterocycles. The summed E-state index contributed by atoms with van der Waals surface area (Å²) in [5, 5.41) is 8.91. The van der Waals surface area contributed by atoms with E-state index in [9.17, 15) is 9.59 Å². The number of hydrogen-bond acceptors (Lipinski definition) is 6. The summed E-state index contributed by atoms with van der Waals surface area (Å²) in [6.07, 6.45) is 1.32. The largest absolute Gasteiger partial charge is 0.456 e. The molecule has 0 aliphatic rings. The lowest BCUT2D eigenvalue weighted by Crippen LogP contribution is -2.24. The first-order valence-electron chi connectivity index (χ1n) is 6.27. The van der Waals surface area contributed by atoms with Crippen molar-refractivity contribution in [2.24, 2.45) is 0 Å². The monoisotopic (exact) mass is 308 g/mol. The number of esters is 1. The molecule has 0 aliphatic heterocycles. The molecule has 2 aromatic heterocycles. The number of H-pyrrole nitrogens is 1. The van der Waals surface area contributed by atoms with Crippen LogP contribution in [0.3, 0.4) is 0 Å². The number of nitrogens with zero attached hydrogens (tertiary/aromatic N) is 2. The van der Waals surface area contributed by atoms with E-state index >= 15 is 0 Å². The van der Waals surface area contributed by atoms with Crippen LogP contribution in [0.5, 0.6) is 0 Å². The fraction of sp³-hybridized carbons (Fsp3) is 0.385. The van der Waals surface area contributed by atoms with Gasteiger partial charge in [0.15, 0.2) is 0 Å². The van der Waals surface area contributed by atoms with Crippen LogP contribution < -0.4 is 5.32 Å². The van der Waals surface area contributed by atoms with Crippen LogP contribution in [0.15, 0.2) is 12.3 Å². The number of aryl methyl sites for hydroxylation is 1. The van der Waals surface area contributed by atoms with E-state index in [1.165, 1.54) is 17.7 Å². The van der Waals surface area contributed by atoms with Crippen LogP contribution in [0.25, 0.3) is 0 Å². The summed E-state index contributed by atoms with van der Waals surface area (Å²) < 4.78 is 9.26. The van der Waals surface area contributed by atoms with E-state index in [1.807, 2.05) is 6.92 Å². The fourth-order valence-electron chi connectivity index (χ4n) is 1.52. The van der Waals surface area contributed by atoms with E-state index in [2.05, 4.69) is 19.9 Å². The highest BCUT2D eigenvalue weighted by molar-refractivity contribution is 7.05. The Kier molecular flexibility index (Phi) is 4.08. The van der Waals surface area contributed by atoms with Crippen LogP contribution in [0.2, 0.25) is 0 Å². The highest BCUT2D eigenvalue weighted by Crippen LogP contribution is 2.18. The van der Waals surface area contributed by atoms with Gasteiger partial charge in [0.25, 0.3) is 5.91 Å². The average molecular weight is 308 g/mol. The van der Waals surface area contributed by atoms with Crippen molar-refractivity contribution in [3.8, 4) is 0 Å². The minimum atomic E-state index is -0.623. The Morgan fingerprint density at radius 1 is 1.38 bits per heavy atom. The maximum Gasteiger partial charge on any atom is 0.344 e. The smallest absolute Gasteiger partial charge is 0.344 e. The Bertz CT molecular complexity index is 669. The predicted octanol–water partition coefficient (Wildman–Crippen LogP) is 2.38. The molecule has 0 atom stereocenters. The minimum Gasteiger partial charge on any atom is -0.456 e. The summed E-state index contributed by atoms with van der Waals surface area (Å²) in [5.74, 6) is -0.769. The molecule has 0 aromatic carbocycles. The molecule has 0 unspecified atom stereocenters. The molecule has 0 aliphatic carbocycles. The van der Waals surface area contributed by atoms with Crippen LogP contribution >= 0.6 is 11.5 Å². The van der Waals surface area contributed by atoms with Gasteiger partial charge in [-0.05, 0) is 45.3 Å². The summed E-state index contributed by atoms with van der Waals surface area (Å²) in [7, 11) is 0. The first-order valence-corrected chi connectivity index (χ1v) is 7.05. The van der Waals surface area contributed by atoms with Crippen molar-refractivity contribution in [2.45, 2.75) is 33.3 Å². The Hall–Kier alpha value is -2.22. The van der Waals surface area contributed by atoms with E-state index in [4.69, 9.17) is 4.74 Å². The van der Waals surface area contributed by atoms with Crippen LogP contribution in [0.4, 0.5) is 5.82 Å². The lowest BCUT2D eigenvalue weighted by Gasteiger charge is -2.19. The molecule has 2 rings (SSSR count). The highest BCUT2D eigenvalue weighted by atomic mass is 32.1. The van der Waals surface area contributed by atoms with E-state index in [-0.39, 0.29) is 11.4 Å². The van der Waals surface area contributed by atoms with Gasteiger partial charge in [-0.25, -0.2) is 4.79 Å². The van der Waals surface area contributed by atoms with E-state index in [0.717, 1.165) is 4.88 Å². The zero-order valence-electron chi connectivity index (χ0n) is 12.2. The number of hydrogen-bond donors (Lipinski definition) is 2. The number of carbonyl (C=O) groups is 2. The third kappa shape index (κ3) is 3.88. The number of carbonyl (C=O) groups excluding carboxylic acids is 2. The van der Waals surface area contributed by atoms with E-state index < -0.39 is 17.5 Å². The van der Waals surface area contributed by atoms with E-state index in [1.54, 1.807) is 26.8 Å². The first kappa shape index (κ1) is 15.2. The van der Waals surface area contributed by atoms with Crippen LogP contribution in [-0.4, -0.2) is 32.0 Å². The maximum absolute atomic E-state index is 12.0. The molecule has 1 amide bonds. The van der Waals surface area contributed by atoms with Crippen molar-refractivity contribution < 1.29 is 14.3 Å². The minimum absolute atomic E-state index is 0.172. The number of aromatic amines is 1. The third-order valence-electron chi connectivity index (χ3n) is 2.36. The number of ether oxygens (including phenoxy) is 1. The van der Waals surface area contributed by atoms with Gasteiger partial charge in [0.2, 0.25) is 0 Å². The molecule has 0 spiro atoms. The summed E-state index contributed by atoms with van der Waals surface area (Å²) in [4.78, 5) is 25.0. The molecule has 0 radical (unpaired) electrons. The molecule has 2 heterocycles. The first-order chi connectivity index (χ1) is 9.76. The van der Waals surface area contributed by atoms with Crippen molar-refractivity contribution in [1.82, 2.24) is 14.6 Å². The topological polar surface area (TPSA) is 97.0 Å². The van der Waals surface area contributed by atoms with Crippen LogP contribution in [0, 0.1) is 6.92 Å². The highest BCUT2D eigenvalue weighted by Gasteiger charge is 2.23. The Morgan fingerprint density at radius 3 is 2.67 bits per heavy atom. The van der Waals surface area contributed by atoms with Crippen LogP contribution in [-0.2, 0) is 4.74 Å². The van der Waals surface area contributed by atoms with Crippen molar-refractivity contribution in [2.75, 3.05) is 5.32 Å². The number of nitrogens with one attached hydrogen (secondary N) is 2. The number of amides is 1. The Morgan fingerprint density at radius 2 is 2.10 bits per heavy atom. The van der Waals surface area contributed by atoms with Gasteiger partial charge in [0, 0.05) is 4.88 Å². The van der Waals surface area contributed by atoms with Gasteiger partial charge in [-0.3, -0.25) is 9.89 Å². The molecular weight excluding hydrogens is 292 g/mol. The van der Waals surface area contributed by atoms with Crippen molar-refractivity contribution >= 4 is 29.2 Å². The molecule has 21 heavy (non-hydrogen) atoms. The lowest BCUT2D eigenvalue weighted by molar-refractivity contribution is 0.00708. The molecule has 0 saturated carbocycles. The lowest BCUT2D eigenvalue weighted by atomic mass is 10.2. The maximum atomic E-state index is 12.0. The van der Waals surface area contributed by atoms with Crippen molar-refractivity contribution in [3.63, 3.8) is 0 Å². The zero-order valence-corrected chi connectivity index (χ0v) is 13.0. The van der Waals surface area contributed by atoms with Crippen molar-refractivity contribution in [1.29, 1.82) is 0 Å². The average Bonchev–Trinajstić information content (AvgIpc) is 2.95. The van der Waals surface area contributed by atoms with Gasteiger partial charge < -0.3 is 10.1 Å². The summed E-state index contributed by atoms with van der Waals surface area (Å²) in [6.45, 7) is 7.15. The second-order valence-electron chi connectivity index (χ2n) is 5.44. The summed E-state index contributed by atoms with van der Waals surface area (Å²) in [6, 6.07) is 1.67. The summed E-state index contributed by atoms with van der Waals surface area (Å²) in [5.41, 5.74) is -0.158. The second-order valence-corrected chi connectivity index (χ2v) is 6.45. The number of anilines is 1. The number of rotatable bonds is 3. The Balaban J connectivity index is 2.14. The van der Waals surface area contributed by atoms with Gasteiger partial charge >= 0.3 is 5.97 Å². The molecule has 0 bridgehead atoms. The number of aromatic nitrogens is 3. The normalized spacial score (nSPS) is 11.2. The molecule has 112 valence electrons. The van der Waals surface area contributed by atoms with E-state index in [0.29, 0.717) is 5.69 Å². The quantitative estimate of drug-likeness (QED) is 0.848. The summed E-state index contributed by atoms with van der Waals surface area (Å²) >= 11 is 1.24. The fourth-order valence-corrected chi connectivity index (χ4v) is 2.06. The predicted molar refractivity (Wildman–Crippen MR) is 78.6 cm³/mol. The van der Waals surface area contributed by atoms with Gasteiger partial charge in [0.05, 0.1) is 6.20 Å². The standard InChI is InChI=1S/C13H16N4O3S/c1-7-5-9(17-21-7)11(18)15-10-8(6-14-16-10)12(19)20-13(2,3)4/h5-6H,1-4H3,(H2,14,15,16,18). The molecule has 0 fully saturated rings. The SMILES string of the molecule is Cc1cc(C(=O)Nc2[nH]ncc2C(=O)OC(C)(C)C)ns1. The Labute approximate surface area is 125 Å². The van der Waals surface area contributed by atoms with Crippen LogP contribution in [0.1, 0.15) is 46.5 Å². The molecule has 8 heteroatoms. The molecule has 7 nitrogen and oxygen atoms in total. The van der Waals surface area contributed by atoms with Gasteiger partial charge in [-0.2, -0.15) is 9.47 Å². The second kappa shape index (κ2) is 5.65. The molecule has 2 N–H and O–H groups in total. The molecular formula is C13H16N4O3S.